The van der Waals surface area contributed by atoms with Gasteiger partial charge in [0.05, 0.1) is 7.11 Å². The van der Waals surface area contributed by atoms with Gasteiger partial charge in [0.15, 0.2) is 0 Å². The van der Waals surface area contributed by atoms with Crippen LogP contribution in [0.4, 0.5) is 0 Å². The summed E-state index contributed by atoms with van der Waals surface area (Å²) in [5.41, 5.74) is 1.03. The summed E-state index contributed by atoms with van der Waals surface area (Å²) in [6, 6.07) is 5.25. The van der Waals surface area contributed by atoms with Crippen LogP contribution in [-0.2, 0) is 17.6 Å². The molecule has 0 fully saturated rings. The Hall–Kier alpha value is -3.22. The van der Waals surface area contributed by atoms with Crippen LogP contribution in [0.5, 0.6) is 23.0 Å². The van der Waals surface area contributed by atoms with E-state index in [9.17, 15) is 24.9 Å². The fourth-order valence-corrected chi connectivity index (χ4v) is 3.64. The molecule has 0 aromatic heterocycles. The average molecular weight is 445 g/mol. The minimum absolute atomic E-state index is 0.0250. The molecule has 0 atom stereocenters. The van der Waals surface area contributed by atoms with Gasteiger partial charge in [0.25, 0.3) is 0 Å². The maximum atomic E-state index is 12.9. The molecule has 0 saturated carbocycles. The third kappa shape index (κ3) is 6.39. The molecule has 0 aliphatic carbocycles. The van der Waals surface area contributed by atoms with E-state index in [0.717, 1.165) is 44.6 Å². The third-order valence-corrected chi connectivity index (χ3v) is 5.26. The molecule has 174 valence electrons. The molecule has 0 aliphatic heterocycles. The van der Waals surface area contributed by atoms with E-state index in [1.165, 1.54) is 25.3 Å². The Kier molecular flexibility index (Phi) is 9.38. The largest absolute Gasteiger partial charge is 0.508 e. The van der Waals surface area contributed by atoms with Gasteiger partial charge in [-0.3, -0.25) is 0 Å². The molecule has 0 amide bonds. The minimum Gasteiger partial charge on any atom is -0.508 e. The molecular formula is C25H32O7. The van der Waals surface area contributed by atoms with Gasteiger partial charge >= 0.3 is 11.9 Å². The molecule has 0 spiro atoms. The number of phenolic OH excluding ortho intramolecular Hbond substituents is 3. The summed E-state index contributed by atoms with van der Waals surface area (Å²) in [6.45, 7) is 4.11. The summed E-state index contributed by atoms with van der Waals surface area (Å²) in [5.74, 6) is -2.27. The maximum absolute atomic E-state index is 12.9. The lowest BCUT2D eigenvalue weighted by atomic mass is 9.99. The van der Waals surface area contributed by atoms with E-state index in [2.05, 4.69) is 13.8 Å². The predicted octanol–water partition coefficient (Wildman–Crippen LogP) is 5.27. The molecule has 0 saturated heterocycles. The Bertz CT molecular complexity index is 950. The van der Waals surface area contributed by atoms with Crippen LogP contribution in [0.3, 0.4) is 0 Å². The highest BCUT2D eigenvalue weighted by atomic mass is 16.5. The molecule has 2 aromatic rings. The zero-order valence-corrected chi connectivity index (χ0v) is 18.9. The standard InChI is InChI=1S/C25H32O7/c1-4-6-8-10-16-12-18(26)14-20(27)23(16)25(30)32-19-13-17(11-9-7-5-2)22(21(28)15-19)24(29)31-3/h12-15,26-28H,4-11H2,1-3H3. The van der Waals surface area contributed by atoms with Gasteiger partial charge in [0, 0.05) is 12.1 Å². The van der Waals surface area contributed by atoms with E-state index in [1.807, 2.05) is 0 Å². The van der Waals surface area contributed by atoms with Crippen molar-refractivity contribution in [1.29, 1.82) is 0 Å². The van der Waals surface area contributed by atoms with Crippen molar-refractivity contribution in [3.05, 3.63) is 46.5 Å². The van der Waals surface area contributed by atoms with Crippen LogP contribution in [0.1, 0.15) is 84.2 Å². The first-order chi connectivity index (χ1) is 15.3. The van der Waals surface area contributed by atoms with Crippen molar-refractivity contribution in [3.8, 4) is 23.0 Å². The number of esters is 2. The SMILES string of the molecule is CCCCCc1cc(OC(=O)c2c(O)cc(O)cc2CCCCC)cc(O)c1C(=O)OC. The van der Waals surface area contributed by atoms with Crippen molar-refractivity contribution in [2.75, 3.05) is 7.11 Å². The second-order valence-corrected chi connectivity index (χ2v) is 7.77. The van der Waals surface area contributed by atoms with Crippen molar-refractivity contribution in [2.24, 2.45) is 0 Å². The number of aromatic hydroxyl groups is 3. The van der Waals surface area contributed by atoms with Crippen LogP contribution in [0.25, 0.3) is 0 Å². The van der Waals surface area contributed by atoms with Gasteiger partial charge in [0.2, 0.25) is 0 Å². The van der Waals surface area contributed by atoms with Gasteiger partial charge < -0.3 is 24.8 Å². The lowest BCUT2D eigenvalue weighted by molar-refractivity contribution is 0.0596. The Morgan fingerprint density at radius 1 is 0.750 bits per heavy atom. The molecule has 0 bridgehead atoms. The molecule has 0 unspecified atom stereocenters. The molecule has 0 radical (unpaired) electrons. The summed E-state index contributed by atoms with van der Waals surface area (Å²) in [7, 11) is 1.24. The van der Waals surface area contributed by atoms with Crippen molar-refractivity contribution in [2.45, 2.75) is 65.2 Å². The molecular weight excluding hydrogens is 412 g/mol. The molecule has 2 aromatic carbocycles. The number of carbonyl (C=O) groups is 2. The summed E-state index contributed by atoms with van der Waals surface area (Å²) in [6.07, 6.45) is 6.42. The monoisotopic (exact) mass is 444 g/mol. The van der Waals surface area contributed by atoms with E-state index in [4.69, 9.17) is 9.47 Å². The highest BCUT2D eigenvalue weighted by molar-refractivity contribution is 5.97. The molecule has 7 nitrogen and oxygen atoms in total. The number of ether oxygens (including phenoxy) is 2. The maximum Gasteiger partial charge on any atom is 0.347 e. The van der Waals surface area contributed by atoms with Gasteiger partial charge in [-0.05, 0) is 48.9 Å². The van der Waals surface area contributed by atoms with Crippen LogP contribution >= 0.6 is 0 Å². The quantitative estimate of drug-likeness (QED) is 0.246. The van der Waals surface area contributed by atoms with Gasteiger partial charge in [-0.25, -0.2) is 9.59 Å². The molecule has 3 N–H and O–H groups in total. The van der Waals surface area contributed by atoms with E-state index in [0.29, 0.717) is 24.0 Å². The number of rotatable bonds is 11. The number of aryl methyl sites for hydroxylation is 2. The summed E-state index contributed by atoms with van der Waals surface area (Å²) in [4.78, 5) is 25.1. The summed E-state index contributed by atoms with van der Waals surface area (Å²) >= 11 is 0. The van der Waals surface area contributed by atoms with Gasteiger partial charge in [-0.2, -0.15) is 0 Å². The predicted molar refractivity (Wildman–Crippen MR) is 121 cm³/mol. The van der Waals surface area contributed by atoms with Crippen molar-refractivity contribution in [3.63, 3.8) is 0 Å². The van der Waals surface area contributed by atoms with Crippen LogP contribution in [0.2, 0.25) is 0 Å². The number of methoxy groups -OCH3 is 1. The Morgan fingerprint density at radius 2 is 1.28 bits per heavy atom. The smallest absolute Gasteiger partial charge is 0.347 e. The molecule has 0 heterocycles. The number of benzene rings is 2. The van der Waals surface area contributed by atoms with Crippen LogP contribution in [-0.4, -0.2) is 34.4 Å². The zero-order chi connectivity index (χ0) is 23.7. The third-order valence-electron chi connectivity index (χ3n) is 5.26. The van der Waals surface area contributed by atoms with Crippen molar-refractivity contribution >= 4 is 11.9 Å². The Balaban J connectivity index is 2.37. The Morgan fingerprint density at radius 3 is 1.84 bits per heavy atom. The van der Waals surface area contributed by atoms with E-state index >= 15 is 0 Å². The molecule has 2 rings (SSSR count). The molecule has 32 heavy (non-hydrogen) atoms. The highest BCUT2D eigenvalue weighted by Crippen LogP contribution is 2.33. The van der Waals surface area contributed by atoms with Crippen LogP contribution in [0, 0.1) is 0 Å². The highest BCUT2D eigenvalue weighted by Gasteiger charge is 2.23. The second-order valence-electron chi connectivity index (χ2n) is 7.77. The van der Waals surface area contributed by atoms with Gasteiger partial charge in [-0.15, -0.1) is 0 Å². The number of unbranched alkanes of at least 4 members (excludes halogenated alkanes) is 4. The lowest BCUT2D eigenvalue weighted by Gasteiger charge is -2.15. The lowest BCUT2D eigenvalue weighted by Crippen LogP contribution is -2.13. The fourth-order valence-electron chi connectivity index (χ4n) is 3.64. The first-order valence-corrected chi connectivity index (χ1v) is 11.0. The van der Waals surface area contributed by atoms with E-state index in [-0.39, 0.29) is 34.1 Å². The van der Waals surface area contributed by atoms with E-state index < -0.39 is 11.9 Å². The first-order valence-electron chi connectivity index (χ1n) is 11.0. The average Bonchev–Trinajstić information content (AvgIpc) is 2.73. The van der Waals surface area contributed by atoms with Crippen LogP contribution in [0.15, 0.2) is 24.3 Å². The Labute approximate surface area is 188 Å². The number of hydrogen-bond acceptors (Lipinski definition) is 7. The van der Waals surface area contributed by atoms with Gasteiger partial charge in [-0.1, -0.05) is 39.5 Å². The topological polar surface area (TPSA) is 113 Å². The number of carbonyl (C=O) groups excluding carboxylic acids is 2. The fraction of sp³-hybridized carbons (Fsp3) is 0.440. The number of hydrogen-bond donors (Lipinski definition) is 3. The summed E-state index contributed by atoms with van der Waals surface area (Å²) in [5, 5.41) is 30.6. The molecule has 7 heteroatoms. The summed E-state index contributed by atoms with van der Waals surface area (Å²) < 4.78 is 10.3. The van der Waals surface area contributed by atoms with E-state index in [1.54, 1.807) is 0 Å². The normalized spacial score (nSPS) is 10.7. The van der Waals surface area contributed by atoms with Crippen molar-refractivity contribution < 1.29 is 34.4 Å². The van der Waals surface area contributed by atoms with Crippen molar-refractivity contribution in [1.82, 2.24) is 0 Å². The first kappa shape index (κ1) is 25.0. The zero-order valence-electron chi connectivity index (χ0n) is 18.9. The van der Waals surface area contributed by atoms with Crippen LogP contribution < -0.4 is 4.74 Å². The second kappa shape index (κ2) is 12.0. The molecule has 0 aliphatic rings. The minimum atomic E-state index is -0.807. The van der Waals surface area contributed by atoms with Gasteiger partial charge in [0.1, 0.15) is 34.1 Å². The number of phenols is 3.